The average molecular weight is 332 g/mol. The standard InChI is InChI=1S/C17H24N4OS/c1-12-19-15(11-23-12)8-21-6-5-14-7-18-20(2)17(14)16(21)10-22-9-13-3-4-13/h7,11,13,16H,3-6,8-10H2,1-2H3. The van der Waals surface area contributed by atoms with Crippen LogP contribution in [0.25, 0.3) is 0 Å². The Bertz CT molecular complexity index is 676. The maximum atomic E-state index is 6.05. The van der Waals surface area contributed by atoms with Gasteiger partial charge < -0.3 is 4.74 Å². The van der Waals surface area contributed by atoms with Gasteiger partial charge in [-0.2, -0.15) is 5.10 Å². The highest BCUT2D eigenvalue weighted by molar-refractivity contribution is 7.09. The quantitative estimate of drug-likeness (QED) is 0.816. The van der Waals surface area contributed by atoms with Gasteiger partial charge in [-0.05, 0) is 37.7 Å². The summed E-state index contributed by atoms with van der Waals surface area (Å²) >= 11 is 1.73. The highest BCUT2D eigenvalue weighted by atomic mass is 32.1. The third-order valence-corrected chi connectivity index (χ3v) is 5.67. The van der Waals surface area contributed by atoms with Crippen molar-refractivity contribution in [3.63, 3.8) is 0 Å². The second-order valence-corrected chi connectivity index (χ2v) is 7.82. The van der Waals surface area contributed by atoms with Crippen LogP contribution in [0.5, 0.6) is 0 Å². The van der Waals surface area contributed by atoms with Crippen LogP contribution in [-0.2, 0) is 24.8 Å². The molecule has 1 aliphatic heterocycles. The van der Waals surface area contributed by atoms with Crippen molar-refractivity contribution >= 4 is 11.3 Å². The zero-order valence-electron chi connectivity index (χ0n) is 13.9. The van der Waals surface area contributed by atoms with E-state index in [1.165, 1.54) is 29.8 Å². The van der Waals surface area contributed by atoms with Crippen molar-refractivity contribution in [2.24, 2.45) is 13.0 Å². The molecular weight excluding hydrogens is 308 g/mol. The first-order valence-corrected chi connectivity index (χ1v) is 9.32. The van der Waals surface area contributed by atoms with Crippen molar-refractivity contribution in [1.29, 1.82) is 0 Å². The molecule has 2 aromatic rings. The van der Waals surface area contributed by atoms with Crippen LogP contribution in [-0.4, -0.2) is 39.4 Å². The topological polar surface area (TPSA) is 43.2 Å². The molecule has 0 spiro atoms. The predicted octanol–water partition coefficient (Wildman–Crippen LogP) is 2.71. The smallest absolute Gasteiger partial charge is 0.0897 e. The molecule has 1 aliphatic carbocycles. The first-order valence-electron chi connectivity index (χ1n) is 8.44. The molecule has 3 heterocycles. The number of fused-ring (bicyclic) bond motifs is 1. The van der Waals surface area contributed by atoms with Gasteiger partial charge in [-0.3, -0.25) is 9.58 Å². The minimum atomic E-state index is 0.284. The Morgan fingerprint density at radius 3 is 2.96 bits per heavy atom. The van der Waals surface area contributed by atoms with E-state index in [0.717, 1.165) is 43.6 Å². The zero-order valence-corrected chi connectivity index (χ0v) is 14.7. The van der Waals surface area contributed by atoms with Crippen LogP contribution >= 0.6 is 11.3 Å². The van der Waals surface area contributed by atoms with Crippen LogP contribution in [0.1, 0.15) is 40.8 Å². The predicted molar refractivity (Wildman–Crippen MR) is 90.5 cm³/mol. The lowest BCUT2D eigenvalue weighted by molar-refractivity contribution is 0.0408. The van der Waals surface area contributed by atoms with Gasteiger partial charge in [0.15, 0.2) is 0 Å². The van der Waals surface area contributed by atoms with E-state index in [0.29, 0.717) is 0 Å². The van der Waals surface area contributed by atoms with E-state index in [4.69, 9.17) is 4.74 Å². The number of thiazole rings is 1. The summed E-state index contributed by atoms with van der Waals surface area (Å²) in [5, 5.41) is 7.79. The Labute approximate surface area is 141 Å². The highest BCUT2D eigenvalue weighted by Gasteiger charge is 2.32. The van der Waals surface area contributed by atoms with Crippen molar-refractivity contribution in [3.8, 4) is 0 Å². The summed E-state index contributed by atoms with van der Waals surface area (Å²) in [5.41, 5.74) is 3.86. The van der Waals surface area contributed by atoms with Crippen LogP contribution in [0.4, 0.5) is 0 Å². The molecule has 1 unspecified atom stereocenters. The number of aryl methyl sites for hydroxylation is 2. The lowest BCUT2D eigenvalue weighted by Gasteiger charge is -2.35. The lowest BCUT2D eigenvalue weighted by Crippen LogP contribution is -2.38. The maximum Gasteiger partial charge on any atom is 0.0897 e. The van der Waals surface area contributed by atoms with Crippen LogP contribution in [0.3, 0.4) is 0 Å². The zero-order chi connectivity index (χ0) is 15.8. The van der Waals surface area contributed by atoms with Gasteiger partial charge >= 0.3 is 0 Å². The molecule has 0 N–H and O–H groups in total. The second kappa shape index (κ2) is 6.34. The van der Waals surface area contributed by atoms with Gasteiger partial charge in [-0.15, -0.1) is 11.3 Å². The summed E-state index contributed by atoms with van der Waals surface area (Å²) in [6.45, 7) is 5.68. The monoisotopic (exact) mass is 332 g/mol. The molecule has 0 amide bonds. The first-order chi connectivity index (χ1) is 11.2. The molecule has 2 aliphatic rings. The van der Waals surface area contributed by atoms with Gasteiger partial charge in [0.25, 0.3) is 0 Å². The molecule has 2 aromatic heterocycles. The van der Waals surface area contributed by atoms with E-state index in [2.05, 4.69) is 27.3 Å². The summed E-state index contributed by atoms with van der Waals surface area (Å²) < 4.78 is 8.08. The number of aromatic nitrogens is 3. The van der Waals surface area contributed by atoms with Crippen LogP contribution < -0.4 is 0 Å². The minimum Gasteiger partial charge on any atom is -0.379 e. The number of nitrogens with zero attached hydrogens (tertiary/aromatic N) is 4. The molecular formula is C17H24N4OS. The Morgan fingerprint density at radius 1 is 1.35 bits per heavy atom. The Hall–Kier alpha value is -1.24. The van der Waals surface area contributed by atoms with Crippen LogP contribution in [0.15, 0.2) is 11.6 Å². The summed E-state index contributed by atoms with van der Waals surface area (Å²) in [6, 6.07) is 0.284. The van der Waals surface area contributed by atoms with Crippen molar-refractivity contribution in [2.75, 3.05) is 19.8 Å². The maximum absolute atomic E-state index is 6.05. The van der Waals surface area contributed by atoms with Crippen LogP contribution in [0, 0.1) is 12.8 Å². The summed E-state index contributed by atoms with van der Waals surface area (Å²) in [7, 11) is 2.04. The summed E-state index contributed by atoms with van der Waals surface area (Å²) in [6.07, 6.45) is 5.76. The van der Waals surface area contributed by atoms with E-state index < -0.39 is 0 Å². The first kappa shape index (κ1) is 15.3. The Kier molecular flexibility index (Phi) is 4.22. The van der Waals surface area contributed by atoms with Gasteiger partial charge in [0.2, 0.25) is 0 Å². The van der Waals surface area contributed by atoms with Gasteiger partial charge in [0.05, 0.1) is 35.2 Å². The third kappa shape index (κ3) is 3.34. The molecule has 0 saturated heterocycles. The van der Waals surface area contributed by atoms with Crippen LogP contribution in [0.2, 0.25) is 0 Å². The molecule has 23 heavy (non-hydrogen) atoms. The van der Waals surface area contributed by atoms with Gasteiger partial charge in [0, 0.05) is 32.1 Å². The molecule has 0 aromatic carbocycles. The molecule has 1 fully saturated rings. The largest absolute Gasteiger partial charge is 0.379 e. The van der Waals surface area contributed by atoms with E-state index >= 15 is 0 Å². The molecule has 5 nitrogen and oxygen atoms in total. The van der Waals surface area contributed by atoms with Crippen molar-refractivity contribution in [2.45, 2.75) is 38.8 Å². The van der Waals surface area contributed by atoms with Crippen molar-refractivity contribution in [3.05, 3.63) is 33.5 Å². The molecule has 0 radical (unpaired) electrons. The van der Waals surface area contributed by atoms with Gasteiger partial charge in [-0.25, -0.2) is 4.98 Å². The van der Waals surface area contributed by atoms with E-state index in [9.17, 15) is 0 Å². The van der Waals surface area contributed by atoms with Gasteiger partial charge in [-0.1, -0.05) is 0 Å². The number of ether oxygens (including phenoxy) is 1. The number of hydrogen-bond acceptors (Lipinski definition) is 5. The summed E-state index contributed by atoms with van der Waals surface area (Å²) in [5.74, 6) is 0.805. The minimum absolute atomic E-state index is 0.284. The molecule has 1 saturated carbocycles. The fraction of sp³-hybridized carbons (Fsp3) is 0.647. The van der Waals surface area contributed by atoms with Crippen molar-refractivity contribution < 1.29 is 4.74 Å². The SMILES string of the molecule is Cc1nc(CN2CCc3cnn(C)c3C2COCC2CC2)cs1. The molecule has 1 atom stereocenters. The second-order valence-electron chi connectivity index (χ2n) is 6.75. The Morgan fingerprint density at radius 2 is 2.22 bits per heavy atom. The molecule has 0 bridgehead atoms. The average Bonchev–Trinajstić information content (AvgIpc) is 3.16. The van der Waals surface area contributed by atoms with E-state index in [1.54, 1.807) is 11.3 Å². The lowest BCUT2D eigenvalue weighted by atomic mass is 10.00. The van der Waals surface area contributed by atoms with Crippen molar-refractivity contribution in [1.82, 2.24) is 19.7 Å². The molecule has 4 rings (SSSR count). The third-order valence-electron chi connectivity index (χ3n) is 4.85. The highest BCUT2D eigenvalue weighted by Crippen LogP contribution is 2.33. The number of hydrogen-bond donors (Lipinski definition) is 0. The fourth-order valence-electron chi connectivity index (χ4n) is 3.40. The fourth-order valence-corrected chi connectivity index (χ4v) is 4.00. The number of rotatable bonds is 6. The van der Waals surface area contributed by atoms with Gasteiger partial charge in [0.1, 0.15) is 0 Å². The van der Waals surface area contributed by atoms with E-state index in [-0.39, 0.29) is 6.04 Å². The summed E-state index contributed by atoms with van der Waals surface area (Å²) in [4.78, 5) is 7.14. The Balaban J connectivity index is 1.52. The molecule has 124 valence electrons. The van der Waals surface area contributed by atoms with E-state index in [1.807, 2.05) is 17.9 Å². The molecule has 6 heteroatoms. The normalized spacial score (nSPS) is 21.6.